The van der Waals surface area contributed by atoms with Gasteiger partial charge in [-0.05, 0) is 0 Å². The molecular formula is H2O5SiTi. The van der Waals surface area contributed by atoms with Crippen molar-refractivity contribution in [3.63, 3.8) is 0 Å². The first kappa shape index (κ1) is 15.7. The molecule has 0 heterocycles. The van der Waals surface area contributed by atoms with Crippen LogP contribution in [-0.4, -0.2) is 14.8 Å². The SMILES string of the molecule is O.O=[Si]=O.[O]=[Ti]=[O]. The van der Waals surface area contributed by atoms with Crippen molar-refractivity contribution in [1.82, 2.24) is 0 Å². The Morgan fingerprint density at radius 1 is 1.14 bits per heavy atom. The van der Waals surface area contributed by atoms with Gasteiger partial charge in [-0.15, -0.1) is 0 Å². The zero-order valence-corrected chi connectivity index (χ0v) is 5.69. The van der Waals surface area contributed by atoms with Crippen molar-refractivity contribution in [2.45, 2.75) is 0 Å². The van der Waals surface area contributed by atoms with E-state index in [1.54, 1.807) is 0 Å². The van der Waals surface area contributed by atoms with E-state index in [0.29, 0.717) is 0 Å². The number of rotatable bonds is 0. The van der Waals surface area contributed by atoms with E-state index in [1.807, 2.05) is 0 Å². The third-order valence-electron chi connectivity index (χ3n) is 0. The number of hydrogen-bond donors (Lipinski definition) is 0. The van der Waals surface area contributed by atoms with Crippen LogP contribution in [0.1, 0.15) is 0 Å². The Morgan fingerprint density at radius 3 is 1.14 bits per heavy atom. The summed E-state index contributed by atoms with van der Waals surface area (Å²) in [5.74, 6) is 0. The first-order valence-corrected chi connectivity index (χ1v) is 2.91. The fourth-order valence-corrected chi connectivity index (χ4v) is 0. The van der Waals surface area contributed by atoms with Gasteiger partial charge >= 0.3 is 35.0 Å². The second-order valence-corrected chi connectivity index (χ2v) is 0.594. The van der Waals surface area contributed by atoms with Gasteiger partial charge in [0.1, 0.15) is 0 Å². The van der Waals surface area contributed by atoms with E-state index in [1.165, 1.54) is 0 Å². The third-order valence-corrected chi connectivity index (χ3v) is 0. The molecule has 7 heteroatoms. The van der Waals surface area contributed by atoms with Gasteiger partial charge in [-0.3, -0.25) is 8.92 Å². The molecule has 7 heavy (non-hydrogen) atoms. The van der Waals surface area contributed by atoms with E-state index in [4.69, 9.17) is 15.6 Å². The van der Waals surface area contributed by atoms with Crippen LogP contribution in [0.2, 0.25) is 0 Å². The molecule has 0 aliphatic rings. The summed E-state index contributed by atoms with van der Waals surface area (Å²) in [5.41, 5.74) is 0. The standard InChI is InChI=1S/O2Si.H2O.2O.Ti/c1-3-2;;;;/h;1H2;;;. The second-order valence-electron chi connectivity index (χ2n) is 0.167. The average Bonchev–Trinajstić information content (AvgIpc) is 1.39. The van der Waals surface area contributed by atoms with Crippen molar-refractivity contribution in [3.8, 4) is 0 Å². The summed E-state index contributed by atoms with van der Waals surface area (Å²) >= 11 is -2.00. The quantitative estimate of drug-likeness (QED) is 0.392. The second kappa shape index (κ2) is 36.1. The molecule has 0 saturated heterocycles. The molecule has 0 spiro atoms. The van der Waals surface area contributed by atoms with Gasteiger partial charge < -0.3 is 5.48 Å². The molecule has 0 atom stereocenters. The molecule has 0 saturated carbocycles. The molecule has 0 fully saturated rings. The van der Waals surface area contributed by atoms with Gasteiger partial charge in [0.05, 0.1) is 0 Å². The molecule has 0 radical (unpaired) electrons. The van der Waals surface area contributed by atoms with Gasteiger partial charge in [0.2, 0.25) is 0 Å². The van der Waals surface area contributed by atoms with E-state index in [-0.39, 0.29) is 5.48 Å². The zero-order valence-electron chi connectivity index (χ0n) is 3.13. The van der Waals surface area contributed by atoms with Crippen LogP contribution in [-0.2, 0) is 34.7 Å². The Bertz CT molecular complexity index is 62.1. The molecule has 0 unspecified atom stereocenters. The maximum atomic E-state index is 8.50. The molecule has 5 nitrogen and oxygen atoms in total. The first-order chi connectivity index (χ1) is 2.83. The van der Waals surface area contributed by atoms with Crippen molar-refractivity contribution in [2.24, 2.45) is 0 Å². The summed E-state index contributed by atoms with van der Waals surface area (Å²) in [5, 5.41) is 0. The van der Waals surface area contributed by atoms with Crippen LogP contribution in [0.4, 0.5) is 0 Å². The normalized spacial score (nSPS) is 2.29. The van der Waals surface area contributed by atoms with Crippen LogP contribution in [0.3, 0.4) is 0 Å². The first-order valence-electron chi connectivity index (χ1n) is 0.816. The summed E-state index contributed by atoms with van der Waals surface area (Å²) in [4.78, 5) is 0. The third kappa shape index (κ3) is 12300. The van der Waals surface area contributed by atoms with Crippen molar-refractivity contribution in [3.05, 3.63) is 0 Å². The molecule has 0 amide bonds. The van der Waals surface area contributed by atoms with Gasteiger partial charge in [-0.25, -0.2) is 0 Å². The van der Waals surface area contributed by atoms with Gasteiger partial charge in [-0.2, -0.15) is 0 Å². The summed E-state index contributed by atoms with van der Waals surface area (Å²) in [7, 11) is -1.42. The van der Waals surface area contributed by atoms with Gasteiger partial charge in [0.15, 0.2) is 0 Å². The fraction of sp³-hybridized carbons (Fsp3) is 0. The van der Waals surface area contributed by atoms with E-state index < -0.39 is 28.4 Å². The minimum atomic E-state index is -2.00. The molecule has 0 aromatic heterocycles. The van der Waals surface area contributed by atoms with Crippen molar-refractivity contribution in [1.29, 1.82) is 0 Å². The van der Waals surface area contributed by atoms with Crippen LogP contribution < -0.4 is 0 Å². The summed E-state index contributed by atoms with van der Waals surface area (Å²) in [6.07, 6.45) is 0. The van der Waals surface area contributed by atoms with E-state index in [0.717, 1.165) is 0 Å². The minimum absolute atomic E-state index is 0. The van der Waals surface area contributed by atoms with Crippen molar-refractivity contribution < 1.29 is 40.1 Å². The Balaban J connectivity index is -0.0000000400. The topological polar surface area (TPSA) is 99.8 Å². The molecule has 0 aromatic carbocycles. The molecule has 40 valence electrons. The Morgan fingerprint density at radius 2 is 1.14 bits per heavy atom. The fourth-order valence-electron chi connectivity index (χ4n) is 0. The van der Waals surface area contributed by atoms with Crippen LogP contribution in [0.15, 0.2) is 0 Å². The van der Waals surface area contributed by atoms with Gasteiger partial charge in [0, 0.05) is 0 Å². The van der Waals surface area contributed by atoms with Crippen molar-refractivity contribution in [2.75, 3.05) is 0 Å². The molecular weight excluding hydrogens is 156 g/mol. The van der Waals surface area contributed by atoms with Gasteiger partial charge in [-0.1, -0.05) is 0 Å². The summed E-state index contributed by atoms with van der Waals surface area (Å²) in [6, 6.07) is 0. The van der Waals surface area contributed by atoms with Crippen LogP contribution in [0.5, 0.6) is 0 Å². The van der Waals surface area contributed by atoms with E-state index >= 15 is 0 Å². The van der Waals surface area contributed by atoms with Crippen LogP contribution in [0.25, 0.3) is 0 Å². The van der Waals surface area contributed by atoms with Gasteiger partial charge in [0.25, 0.3) is 0 Å². The molecule has 2 N–H and O–H groups in total. The molecule has 0 bridgehead atoms. The zero-order chi connectivity index (χ0) is 5.41. The van der Waals surface area contributed by atoms with E-state index in [2.05, 4.69) is 0 Å². The Labute approximate surface area is 49.9 Å². The summed E-state index contributed by atoms with van der Waals surface area (Å²) in [6.45, 7) is 0. The number of hydrogen-bond acceptors (Lipinski definition) is 4. The maximum absolute atomic E-state index is 8.50. The van der Waals surface area contributed by atoms with Crippen LogP contribution in [0, 0.1) is 0 Å². The summed E-state index contributed by atoms with van der Waals surface area (Å²) < 4.78 is 33.8. The van der Waals surface area contributed by atoms with E-state index in [9.17, 15) is 0 Å². The Kier molecular flexibility index (Phi) is 81.1. The Hall–Kier alpha value is 0.0912. The average molecular weight is 158 g/mol. The predicted molar refractivity (Wildman–Crippen MR) is 12.1 cm³/mol. The van der Waals surface area contributed by atoms with Crippen molar-refractivity contribution >= 4 is 9.29 Å². The van der Waals surface area contributed by atoms with Crippen LogP contribution >= 0.6 is 0 Å². The molecule has 0 aromatic rings. The molecule has 0 aliphatic carbocycles. The predicted octanol–water partition coefficient (Wildman–Crippen LogP) is -1.68. The molecule has 0 rings (SSSR count). The monoisotopic (exact) mass is 158 g/mol. The molecule has 0 aliphatic heterocycles.